The Balaban J connectivity index is 2.67. The summed E-state index contributed by atoms with van der Waals surface area (Å²) in [5, 5.41) is 0. The van der Waals surface area contributed by atoms with Crippen LogP contribution in [-0.2, 0) is 11.3 Å². The predicted molar refractivity (Wildman–Crippen MR) is 67.4 cm³/mol. The second-order valence-electron chi connectivity index (χ2n) is 4.29. The van der Waals surface area contributed by atoms with Crippen molar-refractivity contribution in [2.24, 2.45) is 5.92 Å². The molecule has 2 nitrogen and oxygen atoms in total. The van der Waals surface area contributed by atoms with Gasteiger partial charge in [-0.3, -0.25) is 4.79 Å². The average Bonchev–Trinajstić information content (AvgIpc) is 2.28. The number of carbonyl (C=O) groups excluding carboxylic acids is 1. The maximum Gasteiger partial charge on any atom is 0.237 e. The van der Waals surface area contributed by atoms with Gasteiger partial charge in [0.25, 0.3) is 0 Å². The Morgan fingerprint density at radius 3 is 2.44 bits per heavy atom. The summed E-state index contributed by atoms with van der Waals surface area (Å²) in [7, 11) is 0. The first-order chi connectivity index (χ1) is 7.63. The van der Waals surface area contributed by atoms with Crippen LogP contribution in [0.1, 0.15) is 19.4 Å². The van der Waals surface area contributed by atoms with Crippen molar-refractivity contribution in [1.82, 2.24) is 4.90 Å². The lowest BCUT2D eigenvalue weighted by Crippen LogP contribution is -2.34. The number of halogens is 1. The summed E-state index contributed by atoms with van der Waals surface area (Å²) in [6.45, 7) is 5.59. The SMILES string of the molecule is CC(C)CN(Cc1ccccc1)C(=O)CCl. The van der Waals surface area contributed by atoms with E-state index in [0.717, 1.165) is 12.1 Å². The van der Waals surface area contributed by atoms with Gasteiger partial charge in [-0.25, -0.2) is 0 Å². The fraction of sp³-hybridized carbons (Fsp3) is 0.462. The third kappa shape index (κ3) is 4.23. The average molecular weight is 240 g/mol. The molecule has 0 bridgehead atoms. The van der Waals surface area contributed by atoms with Gasteiger partial charge in [0.15, 0.2) is 0 Å². The molecule has 88 valence electrons. The highest BCUT2D eigenvalue weighted by Gasteiger charge is 2.13. The Labute approximate surface area is 102 Å². The van der Waals surface area contributed by atoms with Crippen molar-refractivity contribution in [1.29, 1.82) is 0 Å². The first-order valence-electron chi connectivity index (χ1n) is 5.51. The molecule has 0 saturated heterocycles. The maximum atomic E-state index is 11.6. The minimum atomic E-state index is -0.000722. The van der Waals surface area contributed by atoms with E-state index in [-0.39, 0.29) is 11.8 Å². The quantitative estimate of drug-likeness (QED) is 0.724. The lowest BCUT2D eigenvalue weighted by Gasteiger charge is -2.23. The lowest BCUT2D eigenvalue weighted by molar-refractivity contribution is -0.129. The van der Waals surface area contributed by atoms with E-state index in [1.54, 1.807) is 0 Å². The van der Waals surface area contributed by atoms with Gasteiger partial charge in [0, 0.05) is 13.1 Å². The molecular formula is C13H18ClNO. The highest BCUT2D eigenvalue weighted by atomic mass is 35.5. The maximum absolute atomic E-state index is 11.6. The van der Waals surface area contributed by atoms with Crippen LogP contribution in [0.4, 0.5) is 0 Å². The zero-order valence-corrected chi connectivity index (χ0v) is 10.6. The molecule has 0 N–H and O–H groups in total. The zero-order chi connectivity index (χ0) is 12.0. The normalized spacial score (nSPS) is 10.5. The summed E-state index contributed by atoms with van der Waals surface area (Å²) in [6.07, 6.45) is 0. The summed E-state index contributed by atoms with van der Waals surface area (Å²) in [5.41, 5.74) is 1.14. The monoisotopic (exact) mass is 239 g/mol. The molecule has 0 atom stereocenters. The van der Waals surface area contributed by atoms with Crippen LogP contribution in [0.3, 0.4) is 0 Å². The van der Waals surface area contributed by atoms with Crippen molar-refractivity contribution in [3.8, 4) is 0 Å². The van der Waals surface area contributed by atoms with Gasteiger partial charge in [0.1, 0.15) is 5.88 Å². The summed E-state index contributed by atoms with van der Waals surface area (Å²) in [5.74, 6) is 0.509. The molecule has 16 heavy (non-hydrogen) atoms. The van der Waals surface area contributed by atoms with Crippen molar-refractivity contribution >= 4 is 17.5 Å². The first kappa shape index (κ1) is 13.0. The number of carbonyl (C=O) groups is 1. The summed E-state index contributed by atoms with van der Waals surface area (Å²) in [6, 6.07) is 9.98. The molecule has 0 fully saturated rings. The van der Waals surface area contributed by atoms with E-state index in [1.165, 1.54) is 0 Å². The summed E-state index contributed by atoms with van der Waals surface area (Å²) >= 11 is 5.61. The van der Waals surface area contributed by atoms with Crippen LogP contribution in [0.15, 0.2) is 30.3 Å². The van der Waals surface area contributed by atoms with Gasteiger partial charge in [-0.2, -0.15) is 0 Å². The zero-order valence-electron chi connectivity index (χ0n) is 9.82. The van der Waals surface area contributed by atoms with Crippen LogP contribution in [0.25, 0.3) is 0 Å². The summed E-state index contributed by atoms with van der Waals surface area (Å²) in [4.78, 5) is 13.5. The molecule has 1 aromatic carbocycles. The van der Waals surface area contributed by atoms with E-state index in [1.807, 2.05) is 35.2 Å². The Morgan fingerprint density at radius 1 is 1.31 bits per heavy atom. The van der Waals surface area contributed by atoms with E-state index in [4.69, 9.17) is 11.6 Å². The Hall–Kier alpha value is -1.02. The number of hydrogen-bond donors (Lipinski definition) is 0. The van der Waals surface area contributed by atoms with Gasteiger partial charge < -0.3 is 4.90 Å². The molecular weight excluding hydrogens is 222 g/mol. The van der Waals surface area contributed by atoms with Gasteiger partial charge in [0.2, 0.25) is 5.91 Å². The molecule has 0 unspecified atom stereocenters. The number of amides is 1. The molecule has 0 heterocycles. The van der Waals surface area contributed by atoms with Gasteiger partial charge in [0.05, 0.1) is 0 Å². The Bertz CT molecular complexity index is 324. The van der Waals surface area contributed by atoms with Crippen molar-refractivity contribution in [2.75, 3.05) is 12.4 Å². The minimum absolute atomic E-state index is 0.000722. The van der Waals surface area contributed by atoms with Crippen molar-refractivity contribution < 1.29 is 4.79 Å². The van der Waals surface area contributed by atoms with Crippen molar-refractivity contribution in [2.45, 2.75) is 20.4 Å². The van der Waals surface area contributed by atoms with Crippen LogP contribution in [0.2, 0.25) is 0 Å². The van der Waals surface area contributed by atoms with E-state index < -0.39 is 0 Å². The second-order valence-corrected chi connectivity index (χ2v) is 4.55. The van der Waals surface area contributed by atoms with Gasteiger partial charge in [-0.1, -0.05) is 44.2 Å². The molecule has 0 saturated carbocycles. The van der Waals surface area contributed by atoms with Crippen LogP contribution >= 0.6 is 11.6 Å². The number of benzene rings is 1. The number of hydrogen-bond acceptors (Lipinski definition) is 1. The van der Waals surface area contributed by atoms with E-state index in [9.17, 15) is 4.79 Å². The van der Waals surface area contributed by atoms with Crippen LogP contribution in [0.5, 0.6) is 0 Å². The largest absolute Gasteiger partial charge is 0.337 e. The molecule has 1 amide bonds. The molecule has 3 heteroatoms. The standard InChI is InChI=1S/C13H18ClNO/c1-11(2)9-15(13(16)8-14)10-12-6-4-3-5-7-12/h3-7,11H,8-10H2,1-2H3. The molecule has 1 rings (SSSR count). The van der Waals surface area contributed by atoms with Crippen LogP contribution < -0.4 is 0 Å². The number of nitrogens with zero attached hydrogens (tertiary/aromatic N) is 1. The highest BCUT2D eigenvalue weighted by Crippen LogP contribution is 2.08. The second kappa shape index (κ2) is 6.54. The van der Waals surface area contributed by atoms with Crippen molar-refractivity contribution in [3.63, 3.8) is 0 Å². The van der Waals surface area contributed by atoms with E-state index in [0.29, 0.717) is 12.5 Å². The molecule has 0 radical (unpaired) electrons. The Kier molecular flexibility index (Phi) is 5.33. The Morgan fingerprint density at radius 2 is 1.94 bits per heavy atom. The van der Waals surface area contributed by atoms with Gasteiger partial charge in [-0.05, 0) is 11.5 Å². The fourth-order valence-electron chi connectivity index (χ4n) is 1.58. The van der Waals surface area contributed by atoms with E-state index >= 15 is 0 Å². The molecule has 1 aromatic rings. The van der Waals surface area contributed by atoms with Crippen LogP contribution in [0, 0.1) is 5.92 Å². The first-order valence-corrected chi connectivity index (χ1v) is 6.04. The number of rotatable bonds is 5. The van der Waals surface area contributed by atoms with Gasteiger partial charge in [-0.15, -0.1) is 11.6 Å². The molecule has 0 aliphatic heterocycles. The smallest absolute Gasteiger partial charge is 0.237 e. The van der Waals surface area contributed by atoms with Crippen LogP contribution in [-0.4, -0.2) is 23.2 Å². The molecule has 0 aliphatic carbocycles. The molecule has 0 spiro atoms. The highest BCUT2D eigenvalue weighted by molar-refractivity contribution is 6.27. The van der Waals surface area contributed by atoms with Crippen molar-refractivity contribution in [3.05, 3.63) is 35.9 Å². The molecule has 0 aromatic heterocycles. The predicted octanol–water partition coefficient (Wildman–Crippen LogP) is 2.91. The minimum Gasteiger partial charge on any atom is -0.337 e. The third-order valence-electron chi connectivity index (χ3n) is 2.27. The number of alkyl halides is 1. The topological polar surface area (TPSA) is 20.3 Å². The summed E-state index contributed by atoms with van der Waals surface area (Å²) < 4.78 is 0. The van der Waals surface area contributed by atoms with Gasteiger partial charge >= 0.3 is 0 Å². The molecule has 0 aliphatic rings. The lowest BCUT2D eigenvalue weighted by atomic mass is 10.1. The third-order valence-corrected chi connectivity index (χ3v) is 2.50. The fourth-order valence-corrected chi connectivity index (χ4v) is 1.75. The van der Waals surface area contributed by atoms with E-state index in [2.05, 4.69) is 13.8 Å².